The second kappa shape index (κ2) is 11.3. The Morgan fingerprint density at radius 1 is 1.08 bits per heavy atom. The third-order valence-electron chi connectivity index (χ3n) is 7.45. The van der Waals surface area contributed by atoms with Crippen LogP contribution in [0.4, 0.5) is 5.82 Å². The van der Waals surface area contributed by atoms with Gasteiger partial charge >= 0.3 is 0 Å². The van der Waals surface area contributed by atoms with Gasteiger partial charge in [-0.05, 0) is 61.6 Å². The van der Waals surface area contributed by atoms with Crippen LogP contribution in [0.3, 0.4) is 0 Å². The van der Waals surface area contributed by atoms with Crippen molar-refractivity contribution in [1.29, 1.82) is 0 Å². The number of rotatable bonds is 9. The van der Waals surface area contributed by atoms with E-state index in [4.69, 9.17) is 4.74 Å². The van der Waals surface area contributed by atoms with Crippen LogP contribution in [0.5, 0.6) is 0 Å². The third kappa shape index (κ3) is 5.45. The Morgan fingerprint density at radius 3 is 2.57 bits per heavy atom. The lowest BCUT2D eigenvalue weighted by atomic mass is 10.0. The van der Waals surface area contributed by atoms with Gasteiger partial charge in [0.15, 0.2) is 0 Å². The van der Waals surface area contributed by atoms with Crippen LogP contribution in [0.25, 0.3) is 33.1 Å². The maximum Gasteiger partial charge on any atom is 0.251 e. The van der Waals surface area contributed by atoms with Gasteiger partial charge in [-0.2, -0.15) is 0 Å². The fraction of sp³-hybridized carbons (Fsp3) is 0.414. The van der Waals surface area contributed by atoms with Gasteiger partial charge in [0, 0.05) is 48.7 Å². The predicted molar refractivity (Wildman–Crippen MR) is 149 cm³/mol. The number of morpholine rings is 1. The molecule has 2 aromatic heterocycles. The molecule has 0 bridgehead atoms. The highest BCUT2D eigenvalue weighted by Gasteiger charge is 2.21. The summed E-state index contributed by atoms with van der Waals surface area (Å²) in [5.74, 6) is 0.770. The van der Waals surface area contributed by atoms with Gasteiger partial charge in [-0.1, -0.05) is 25.1 Å². The van der Waals surface area contributed by atoms with E-state index in [0.29, 0.717) is 11.6 Å². The van der Waals surface area contributed by atoms with Crippen molar-refractivity contribution in [1.82, 2.24) is 25.2 Å². The summed E-state index contributed by atoms with van der Waals surface area (Å²) in [6, 6.07) is 14.9. The summed E-state index contributed by atoms with van der Waals surface area (Å²) in [5.41, 5.74) is 4.63. The number of anilines is 1. The van der Waals surface area contributed by atoms with E-state index in [9.17, 15) is 4.79 Å². The topological polar surface area (TPSA) is 95.2 Å². The minimum atomic E-state index is -0.0872. The van der Waals surface area contributed by atoms with Crippen LogP contribution in [-0.2, 0) is 4.74 Å². The predicted octanol–water partition coefficient (Wildman–Crippen LogP) is 4.83. The standard InChI is InChI=1S/C29H36N6O2/c1-4-23(35-13-15-37-16-14-35)11-5-19(2)33-27-26-24-17-22(10-12-25(24)34-28(26)32-18-31-27)20-6-8-21(9-7-20)29(36)30-3/h6-10,12,17-19,23H,4-5,11,13-16H2,1-3H3,(H,30,36)(H2,31,32,33,34)/t19?,23-/m0/s1. The van der Waals surface area contributed by atoms with Gasteiger partial charge in [0.2, 0.25) is 0 Å². The average molecular weight is 501 g/mol. The molecule has 1 saturated heterocycles. The zero-order chi connectivity index (χ0) is 25.8. The van der Waals surface area contributed by atoms with Crippen LogP contribution < -0.4 is 10.6 Å². The van der Waals surface area contributed by atoms with Gasteiger partial charge in [0.25, 0.3) is 5.91 Å². The number of aromatic nitrogens is 3. The van der Waals surface area contributed by atoms with Gasteiger partial charge in [0.1, 0.15) is 17.8 Å². The fourth-order valence-corrected chi connectivity index (χ4v) is 5.31. The average Bonchev–Trinajstić information content (AvgIpc) is 3.32. The largest absolute Gasteiger partial charge is 0.379 e. The Labute approximate surface area is 217 Å². The molecule has 8 heteroatoms. The maximum atomic E-state index is 11.9. The van der Waals surface area contributed by atoms with E-state index in [0.717, 1.165) is 84.4 Å². The summed E-state index contributed by atoms with van der Waals surface area (Å²) in [6.45, 7) is 8.24. The molecule has 0 saturated carbocycles. The first-order valence-electron chi connectivity index (χ1n) is 13.2. The molecule has 3 N–H and O–H groups in total. The van der Waals surface area contributed by atoms with E-state index < -0.39 is 0 Å². The molecular formula is C29H36N6O2. The lowest BCUT2D eigenvalue weighted by molar-refractivity contribution is 0.0134. The van der Waals surface area contributed by atoms with Crippen LogP contribution in [0.15, 0.2) is 48.8 Å². The van der Waals surface area contributed by atoms with E-state index >= 15 is 0 Å². The van der Waals surface area contributed by atoms with Crippen molar-refractivity contribution in [2.45, 2.75) is 45.2 Å². The van der Waals surface area contributed by atoms with Crippen molar-refractivity contribution in [2.75, 3.05) is 38.7 Å². The first kappa shape index (κ1) is 25.2. The monoisotopic (exact) mass is 500 g/mol. The number of fused-ring (bicyclic) bond motifs is 3. The number of benzene rings is 2. The van der Waals surface area contributed by atoms with Crippen molar-refractivity contribution in [3.8, 4) is 11.1 Å². The highest BCUT2D eigenvalue weighted by atomic mass is 16.5. The highest BCUT2D eigenvalue weighted by Crippen LogP contribution is 2.33. The van der Waals surface area contributed by atoms with Crippen LogP contribution in [0.1, 0.15) is 43.5 Å². The Balaban J connectivity index is 1.37. The van der Waals surface area contributed by atoms with Gasteiger partial charge in [-0.3, -0.25) is 9.69 Å². The third-order valence-corrected chi connectivity index (χ3v) is 7.45. The van der Waals surface area contributed by atoms with Crippen molar-refractivity contribution in [2.24, 2.45) is 0 Å². The van der Waals surface area contributed by atoms with E-state index in [-0.39, 0.29) is 11.9 Å². The Hall–Kier alpha value is -3.49. The van der Waals surface area contributed by atoms with Crippen LogP contribution in [-0.4, -0.2) is 71.2 Å². The van der Waals surface area contributed by atoms with E-state index in [1.165, 1.54) is 0 Å². The van der Waals surface area contributed by atoms with Crippen molar-refractivity contribution < 1.29 is 9.53 Å². The Bertz CT molecular complexity index is 1360. The molecule has 0 radical (unpaired) electrons. The number of hydrogen-bond donors (Lipinski definition) is 3. The summed E-state index contributed by atoms with van der Waals surface area (Å²) in [7, 11) is 1.64. The molecule has 4 aromatic rings. The Kier molecular flexibility index (Phi) is 7.67. The van der Waals surface area contributed by atoms with Gasteiger partial charge in [-0.15, -0.1) is 0 Å². The SMILES string of the molecule is CC[C@@H](CCC(C)Nc1ncnc2[nH]c3ccc(-c4ccc(C(=O)NC)cc4)cc3c12)N1CCOCC1. The molecule has 2 aromatic carbocycles. The molecule has 1 unspecified atom stereocenters. The molecule has 194 valence electrons. The summed E-state index contributed by atoms with van der Waals surface area (Å²) in [6.07, 6.45) is 4.98. The number of nitrogens with one attached hydrogen (secondary N) is 3. The number of hydrogen-bond acceptors (Lipinski definition) is 6. The second-order valence-electron chi connectivity index (χ2n) is 9.82. The number of nitrogens with zero attached hydrogens (tertiary/aromatic N) is 3. The summed E-state index contributed by atoms with van der Waals surface area (Å²) in [5, 5.41) is 8.43. The molecule has 3 heterocycles. The summed E-state index contributed by atoms with van der Waals surface area (Å²) in [4.78, 5) is 27.1. The summed E-state index contributed by atoms with van der Waals surface area (Å²) < 4.78 is 5.54. The summed E-state index contributed by atoms with van der Waals surface area (Å²) >= 11 is 0. The second-order valence-corrected chi connectivity index (χ2v) is 9.82. The molecule has 1 fully saturated rings. The number of amides is 1. The zero-order valence-corrected chi connectivity index (χ0v) is 21.9. The molecule has 8 nitrogen and oxygen atoms in total. The van der Waals surface area contributed by atoms with Gasteiger partial charge in [-0.25, -0.2) is 9.97 Å². The molecule has 0 aliphatic carbocycles. The molecule has 5 rings (SSSR count). The van der Waals surface area contributed by atoms with Gasteiger partial charge < -0.3 is 20.4 Å². The van der Waals surface area contributed by atoms with E-state index in [1.54, 1.807) is 13.4 Å². The molecule has 0 spiro atoms. The fourth-order valence-electron chi connectivity index (χ4n) is 5.31. The first-order chi connectivity index (χ1) is 18.1. The Morgan fingerprint density at radius 2 is 1.84 bits per heavy atom. The van der Waals surface area contributed by atoms with Crippen LogP contribution in [0, 0.1) is 0 Å². The van der Waals surface area contributed by atoms with Crippen LogP contribution in [0.2, 0.25) is 0 Å². The number of aromatic amines is 1. The van der Waals surface area contributed by atoms with Crippen molar-refractivity contribution in [3.05, 3.63) is 54.4 Å². The zero-order valence-electron chi connectivity index (χ0n) is 21.9. The number of carbonyl (C=O) groups is 1. The molecule has 1 aliphatic rings. The molecule has 1 amide bonds. The number of H-pyrrole nitrogens is 1. The molecular weight excluding hydrogens is 464 g/mol. The van der Waals surface area contributed by atoms with Gasteiger partial charge in [0.05, 0.1) is 18.6 Å². The van der Waals surface area contributed by atoms with Crippen molar-refractivity contribution in [3.63, 3.8) is 0 Å². The number of carbonyl (C=O) groups excluding carboxylic acids is 1. The normalized spacial score (nSPS) is 16.1. The minimum Gasteiger partial charge on any atom is -0.379 e. The van der Waals surface area contributed by atoms with E-state index in [1.807, 2.05) is 24.3 Å². The lowest BCUT2D eigenvalue weighted by Crippen LogP contribution is -2.43. The lowest BCUT2D eigenvalue weighted by Gasteiger charge is -2.34. The smallest absolute Gasteiger partial charge is 0.251 e. The first-order valence-corrected chi connectivity index (χ1v) is 13.2. The van der Waals surface area contributed by atoms with Crippen molar-refractivity contribution >= 4 is 33.7 Å². The maximum absolute atomic E-state index is 11.9. The molecule has 37 heavy (non-hydrogen) atoms. The molecule has 1 aliphatic heterocycles. The highest BCUT2D eigenvalue weighted by molar-refractivity contribution is 6.12. The minimum absolute atomic E-state index is 0.0872. The quantitative estimate of drug-likeness (QED) is 0.305. The number of ether oxygens (including phenoxy) is 1. The molecule has 2 atom stereocenters. The van der Waals surface area contributed by atoms with Crippen LogP contribution >= 0.6 is 0 Å². The van der Waals surface area contributed by atoms with E-state index in [2.05, 4.69) is 62.5 Å².